The third-order valence-electron chi connectivity index (χ3n) is 8.68. The number of ether oxygens (including phenoxy) is 1. The highest BCUT2D eigenvalue weighted by atomic mass is 16.5. The molecule has 7 heteroatoms. The van der Waals surface area contributed by atoms with Gasteiger partial charge in [-0.1, -0.05) is 49.7 Å². The smallest absolute Gasteiger partial charge is 0.242 e. The van der Waals surface area contributed by atoms with E-state index in [0.29, 0.717) is 13.2 Å². The lowest BCUT2D eigenvalue weighted by Crippen LogP contribution is -2.53. The van der Waals surface area contributed by atoms with Gasteiger partial charge in [0.05, 0.1) is 12.0 Å². The minimum Gasteiger partial charge on any atom is -0.491 e. The Hall–Kier alpha value is -3.32. The van der Waals surface area contributed by atoms with Crippen LogP contribution in [0.25, 0.3) is 10.9 Å². The van der Waals surface area contributed by atoms with Crippen molar-refractivity contribution in [3.63, 3.8) is 0 Å². The van der Waals surface area contributed by atoms with Gasteiger partial charge in [-0.25, -0.2) is 0 Å². The van der Waals surface area contributed by atoms with Crippen molar-refractivity contribution in [1.82, 2.24) is 20.5 Å². The summed E-state index contributed by atoms with van der Waals surface area (Å²) in [4.78, 5) is 32.4. The zero-order valence-corrected chi connectivity index (χ0v) is 23.4. The third-order valence-corrected chi connectivity index (χ3v) is 8.68. The van der Waals surface area contributed by atoms with Crippen LogP contribution in [0.1, 0.15) is 62.6 Å². The van der Waals surface area contributed by atoms with E-state index in [1.165, 1.54) is 27.6 Å². The first-order valence-corrected chi connectivity index (χ1v) is 14.6. The molecule has 39 heavy (non-hydrogen) atoms. The van der Waals surface area contributed by atoms with Gasteiger partial charge in [-0.15, -0.1) is 0 Å². The molecule has 0 unspecified atom stereocenters. The number of hydrogen-bond donors (Lipinski definition) is 3. The van der Waals surface area contributed by atoms with E-state index in [1.807, 2.05) is 18.2 Å². The summed E-state index contributed by atoms with van der Waals surface area (Å²) in [5.74, 6) is 0.736. The predicted molar refractivity (Wildman–Crippen MR) is 155 cm³/mol. The van der Waals surface area contributed by atoms with Crippen LogP contribution in [0, 0.1) is 5.41 Å². The molecule has 3 heterocycles. The molecule has 1 atom stereocenters. The number of carbonyl (C=O) groups is 2. The average Bonchev–Trinajstić information content (AvgIpc) is 3.37. The van der Waals surface area contributed by atoms with Crippen molar-refractivity contribution in [1.29, 1.82) is 0 Å². The Labute approximate surface area is 231 Å². The van der Waals surface area contributed by atoms with Gasteiger partial charge in [0.1, 0.15) is 18.4 Å². The van der Waals surface area contributed by atoms with Crippen LogP contribution < -0.4 is 15.4 Å². The monoisotopic (exact) mass is 530 g/mol. The molecule has 2 aliphatic heterocycles. The summed E-state index contributed by atoms with van der Waals surface area (Å²) in [5, 5.41) is 7.26. The summed E-state index contributed by atoms with van der Waals surface area (Å²) in [7, 11) is 0. The molecular formula is C32H42N4O3. The Bertz CT molecular complexity index is 1290. The number of carbonyl (C=O) groups excluding carboxylic acids is 2. The van der Waals surface area contributed by atoms with Crippen molar-refractivity contribution in [2.24, 2.45) is 5.41 Å². The quantitative estimate of drug-likeness (QED) is 0.457. The lowest BCUT2D eigenvalue weighted by atomic mass is 9.73. The van der Waals surface area contributed by atoms with Crippen LogP contribution in [0.4, 0.5) is 0 Å². The van der Waals surface area contributed by atoms with Gasteiger partial charge < -0.3 is 20.4 Å². The molecule has 3 N–H and O–H groups in total. The molecule has 208 valence electrons. The number of likely N-dealkylation sites (tertiary alicyclic amines) is 1. The molecule has 0 bridgehead atoms. The van der Waals surface area contributed by atoms with E-state index in [-0.39, 0.29) is 11.8 Å². The van der Waals surface area contributed by atoms with Crippen molar-refractivity contribution in [3.8, 4) is 5.75 Å². The van der Waals surface area contributed by atoms with E-state index < -0.39 is 11.5 Å². The molecule has 5 rings (SSSR count). The number of para-hydroxylation sites is 2. The molecular weight excluding hydrogens is 488 g/mol. The molecule has 1 fully saturated rings. The standard InChI is InChI=1S/C32H42N4O3/c1-3-24-11-8-12-27-26(21-34-29(24)27)22-36-18-15-32(16-19-36)14-7-6-10-25-9-4-5-13-28(25)39-20-17-33-30(37)23(2)35-31(32)38/h4-5,8-9,11-13,21,23,34H,3,6-7,10,14-20,22H2,1-2H3,(H,33,37)(H,35,38)/t23-/m0/s1. The third kappa shape index (κ3) is 6.14. The van der Waals surface area contributed by atoms with E-state index >= 15 is 0 Å². The van der Waals surface area contributed by atoms with E-state index in [4.69, 9.17) is 4.74 Å². The van der Waals surface area contributed by atoms with E-state index in [2.05, 4.69) is 57.9 Å². The number of hydrogen-bond acceptors (Lipinski definition) is 4. The van der Waals surface area contributed by atoms with Gasteiger partial charge in [0, 0.05) is 23.6 Å². The van der Waals surface area contributed by atoms with Gasteiger partial charge in [0.2, 0.25) is 11.8 Å². The first kappa shape index (κ1) is 27.3. The number of aromatic nitrogens is 1. The normalized spacial score (nSPS) is 21.3. The minimum atomic E-state index is -0.580. The van der Waals surface area contributed by atoms with Gasteiger partial charge in [0.15, 0.2) is 0 Å². The van der Waals surface area contributed by atoms with Crippen molar-refractivity contribution in [3.05, 3.63) is 65.4 Å². The number of benzene rings is 2. The largest absolute Gasteiger partial charge is 0.491 e. The van der Waals surface area contributed by atoms with Gasteiger partial charge in [0.25, 0.3) is 0 Å². The van der Waals surface area contributed by atoms with Crippen LogP contribution in [0.2, 0.25) is 0 Å². The number of rotatable bonds is 3. The molecule has 1 spiro atoms. The second-order valence-corrected chi connectivity index (χ2v) is 11.2. The van der Waals surface area contributed by atoms with Crippen LogP contribution in [0.15, 0.2) is 48.7 Å². The Balaban J connectivity index is 1.29. The summed E-state index contributed by atoms with van der Waals surface area (Å²) in [6.07, 6.45) is 8.47. The molecule has 2 aromatic carbocycles. The minimum absolute atomic E-state index is 0.0241. The Kier molecular flexibility index (Phi) is 8.56. The highest BCUT2D eigenvalue weighted by Crippen LogP contribution is 2.38. The summed E-state index contributed by atoms with van der Waals surface area (Å²) in [5.41, 5.74) is 4.63. The molecule has 0 aliphatic carbocycles. The van der Waals surface area contributed by atoms with Crippen LogP contribution in [-0.2, 0) is 29.0 Å². The zero-order valence-electron chi connectivity index (χ0n) is 23.4. The molecule has 1 aromatic heterocycles. The molecule has 7 nitrogen and oxygen atoms in total. The number of fused-ring (bicyclic) bond motifs is 2. The highest BCUT2D eigenvalue weighted by Gasteiger charge is 2.41. The maximum atomic E-state index is 13.7. The number of H-pyrrole nitrogens is 1. The van der Waals surface area contributed by atoms with E-state index in [9.17, 15) is 9.59 Å². The molecule has 0 saturated carbocycles. The maximum Gasteiger partial charge on any atom is 0.242 e. The summed E-state index contributed by atoms with van der Waals surface area (Å²) >= 11 is 0. The van der Waals surface area contributed by atoms with Gasteiger partial charge in [-0.3, -0.25) is 14.5 Å². The Morgan fingerprint density at radius 3 is 2.64 bits per heavy atom. The molecule has 2 aliphatic rings. The average molecular weight is 531 g/mol. The van der Waals surface area contributed by atoms with Crippen LogP contribution >= 0.6 is 0 Å². The fourth-order valence-electron chi connectivity index (χ4n) is 6.20. The predicted octanol–water partition coefficient (Wildman–Crippen LogP) is 4.74. The topological polar surface area (TPSA) is 86.5 Å². The number of aryl methyl sites for hydroxylation is 2. The number of piperidine rings is 1. The van der Waals surface area contributed by atoms with Crippen LogP contribution in [-0.4, -0.2) is 54.0 Å². The van der Waals surface area contributed by atoms with Crippen molar-refractivity contribution in [2.75, 3.05) is 26.2 Å². The fourth-order valence-corrected chi connectivity index (χ4v) is 6.20. The fraction of sp³-hybridized carbons (Fsp3) is 0.500. The van der Waals surface area contributed by atoms with E-state index in [0.717, 1.165) is 70.3 Å². The summed E-state index contributed by atoms with van der Waals surface area (Å²) in [6, 6.07) is 14.1. The second kappa shape index (κ2) is 12.2. The van der Waals surface area contributed by atoms with Crippen LogP contribution in [0.3, 0.4) is 0 Å². The van der Waals surface area contributed by atoms with Crippen molar-refractivity contribution < 1.29 is 14.3 Å². The number of nitrogens with one attached hydrogen (secondary N) is 3. The summed E-state index contributed by atoms with van der Waals surface area (Å²) < 4.78 is 5.96. The maximum absolute atomic E-state index is 13.7. The van der Waals surface area contributed by atoms with E-state index in [1.54, 1.807) is 6.92 Å². The Morgan fingerprint density at radius 1 is 1.00 bits per heavy atom. The van der Waals surface area contributed by atoms with Crippen molar-refractivity contribution >= 4 is 22.7 Å². The van der Waals surface area contributed by atoms with Gasteiger partial charge >= 0.3 is 0 Å². The molecule has 0 radical (unpaired) electrons. The number of aromatic amines is 1. The highest BCUT2D eigenvalue weighted by molar-refractivity contribution is 5.90. The van der Waals surface area contributed by atoms with Gasteiger partial charge in [-0.05, 0) is 81.3 Å². The van der Waals surface area contributed by atoms with Crippen LogP contribution in [0.5, 0.6) is 5.75 Å². The zero-order chi connectivity index (χ0) is 27.2. The second-order valence-electron chi connectivity index (χ2n) is 11.2. The van der Waals surface area contributed by atoms with Crippen molar-refractivity contribution in [2.45, 2.75) is 71.4 Å². The lowest BCUT2D eigenvalue weighted by Gasteiger charge is -2.41. The molecule has 3 aromatic rings. The molecule has 2 amide bonds. The Morgan fingerprint density at radius 2 is 1.82 bits per heavy atom. The lowest BCUT2D eigenvalue weighted by molar-refractivity contribution is -0.138. The summed E-state index contributed by atoms with van der Waals surface area (Å²) in [6.45, 7) is 7.37. The SMILES string of the molecule is CCc1cccc2c(CN3CCC4(CCCCc5ccccc5OCCNC(=O)[C@H](C)NC4=O)CC3)c[nH]c12. The number of amides is 2. The van der Waals surface area contributed by atoms with Gasteiger partial charge in [-0.2, -0.15) is 0 Å². The number of nitrogens with zero attached hydrogens (tertiary/aromatic N) is 1. The molecule has 1 saturated heterocycles. The first-order chi connectivity index (χ1) is 19.0. The first-order valence-electron chi connectivity index (χ1n) is 14.6.